The third kappa shape index (κ3) is 2.40. The first-order valence-corrected chi connectivity index (χ1v) is 6.31. The van der Waals surface area contributed by atoms with Crippen molar-refractivity contribution < 1.29 is 9.50 Å². The predicted molar refractivity (Wildman–Crippen MR) is 69.0 cm³/mol. The smallest absolute Gasteiger partial charge is 0.126 e. The maximum Gasteiger partial charge on any atom is 0.126 e. The second-order valence-electron chi connectivity index (χ2n) is 4.28. The summed E-state index contributed by atoms with van der Waals surface area (Å²) in [7, 11) is 0. The van der Waals surface area contributed by atoms with E-state index in [9.17, 15) is 9.50 Å². The number of hydrogen-bond donors (Lipinski definition) is 1. The van der Waals surface area contributed by atoms with Crippen LogP contribution in [0.1, 0.15) is 32.5 Å². The van der Waals surface area contributed by atoms with Crippen LogP contribution in [0.3, 0.4) is 0 Å². The van der Waals surface area contributed by atoms with Gasteiger partial charge in [-0.25, -0.2) is 4.39 Å². The average molecular weight is 250 g/mol. The van der Waals surface area contributed by atoms with Crippen molar-refractivity contribution in [2.24, 2.45) is 0 Å². The molecule has 2 aromatic rings. The molecule has 90 valence electrons. The SMILES string of the molecule is Cc1cc(C(O)c2ccc(C)c(F)c2)c(C)s1. The van der Waals surface area contributed by atoms with Gasteiger partial charge in [-0.1, -0.05) is 12.1 Å². The molecule has 1 N–H and O–H groups in total. The Labute approximate surface area is 105 Å². The number of aliphatic hydroxyl groups is 1. The summed E-state index contributed by atoms with van der Waals surface area (Å²) in [6.07, 6.45) is -0.741. The molecule has 0 saturated carbocycles. The Morgan fingerprint density at radius 1 is 1.18 bits per heavy atom. The summed E-state index contributed by atoms with van der Waals surface area (Å²) >= 11 is 1.65. The van der Waals surface area contributed by atoms with Gasteiger partial charge in [0.15, 0.2) is 0 Å². The molecule has 0 bridgehead atoms. The van der Waals surface area contributed by atoms with Crippen LogP contribution in [0.5, 0.6) is 0 Å². The van der Waals surface area contributed by atoms with E-state index in [1.165, 1.54) is 6.07 Å². The van der Waals surface area contributed by atoms with E-state index in [1.54, 1.807) is 30.4 Å². The summed E-state index contributed by atoms with van der Waals surface area (Å²) in [6, 6.07) is 6.84. The third-order valence-electron chi connectivity index (χ3n) is 2.89. The molecule has 1 atom stereocenters. The van der Waals surface area contributed by atoms with Gasteiger partial charge in [0.25, 0.3) is 0 Å². The van der Waals surface area contributed by atoms with Gasteiger partial charge in [0, 0.05) is 9.75 Å². The lowest BCUT2D eigenvalue weighted by atomic mass is 10.0. The highest BCUT2D eigenvalue weighted by Gasteiger charge is 2.16. The summed E-state index contributed by atoms with van der Waals surface area (Å²) in [5, 5.41) is 10.2. The zero-order valence-electron chi connectivity index (χ0n) is 10.1. The maximum atomic E-state index is 13.5. The second-order valence-corrected chi connectivity index (χ2v) is 5.74. The fourth-order valence-electron chi connectivity index (χ4n) is 1.88. The lowest BCUT2D eigenvalue weighted by Gasteiger charge is -2.11. The van der Waals surface area contributed by atoms with Gasteiger partial charge in [0.05, 0.1) is 0 Å². The molecule has 1 aromatic carbocycles. The quantitative estimate of drug-likeness (QED) is 0.857. The van der Waals surface area contributed by atoms with E-state index in [4.69, 9.17) is 0 Å². The third-order valence-corrected chi connectivity index (χ3v) is 3.87. The molecule has 0 radical (unpaired) electrons. The van der Waals surface area contributed by atoms with Crippen molar-refractivity contribution in [2.75, 3.05) is 0 Å². The fourth-order valence-corrected chi connectivity index (χ4v) is 2.84. The van der Waals surface area contributed by atoms with Crippen molar-refractivity contribution in [1.29, 1.82) is 0 Å². The Balaban J connectivity index is 2.40. The number of hydrogen-bond acceptors (Lipinski definition) is 2. The van der Waals surface area contributed by atoms with Crippen LogP contribution in [0.15, 0.2) is 24.3 Å². The van der Waals surface area contributed by atoms with E-state index in [-0.39, 0.29) is 5.82 Å². The molecule has 0 aliphatic carbocycles. The van der Waals surface area contributed by atoms with Crippen LogP contribution in [-0.4, -0.2) is 5.11 Å². The topological polar surface area (TPSA) is 20.2 Å². The largest absolute Gasteiger partial charge is 0.384 e. The molecule has 0 fully saturated rings. The molecule has 0 amide bonds. The Morgan fingerprint density at radius 3 is 2.41 bits per heavy atom. The van der Waals surface area contributed by atoms with Gasteiger partial charge in [0.1, 0.15) is 11.9 Å². The maximum absolute atomic E-state index is 13.5. The van der Waals surface area contributed by atoms with Crippen LogP contribution in [0.25, 0.3) is 0 Å². The highest BCUT2D eigenvalue weighted by atomic mass is 32.1. The highest BCUT2D eigenvalue weighted by Crippen LogP contribution is 2.31. The summed E-state index contributed by atoms with van der Waals surface area (Å²) in [6.45, 7) is 5.69. The predicted octanol–water partition coefficient (Wildman–Crippen LogP) is 3.89. The zero-order valence-corrected chi connectivity index (χ0v) is 10.9. The Kier molecular flexibility index (Phi) is 3.31. The lowest BCUT2D eigenvalue weighted by Crippen LogP contribution is -2.00. The van der Waals surface area contributed by atoms with Gasteiger partial charge < -0.3 is 5.11 Å². The molecule has 1 unspecified atom stereocenters. The number of thiophene rings is 1. The van der Waals surface area contributed by atoms with Crippen LogP contribution in [0.2, 0.25) is 0 Å². The van der Waals surface area contributed by atoms with Crippen LogP contribution >= 0.6 is 11.3 Å². The molecule has 0 aliphatic heterocycles. The molecule has 1 nitrogen and oxygen atoms in total. The van der Waals surface area contributed by atoms with Gasteiger partial charge >= 0.3 is 0 Å². The Morgan fingerprint density at radius 2 is 1.88 bits per heavy atom. The zero-order chi connectivity index (χ0) is 12.6. The minimum absolute atomic E-state index is 0.272. The molecule has 3 heteroatoms. The minimum atomic E-state index is -0.741. The molecule has 17 heavy (non-hydrogen) atoms. The van der Waals surface area contributed by atoms with E-state index in [2.05, 4.69) is 0 Å². The molecule has 0 saturated heterocycles. The van der Waals surface area contributed by atoms with Crippen molar-refractivity contribution in [3.05, 3.63) is 56.5 Å². The molecular formula is C14H15FOS. The first kappa shape index (κ1) is 12.3. The van der Waals surface area contributed by atoms with Crippen molar-refractivity contribution in [3.8, 4) is 0 Å². The highest BCUT2D eigenvalue weighted by molar-refractivity contribution is 7.12. The summed E-state index contributed by atoms with van der Waals surface area (Å²) in [5.41, 5.74) is 2.07. The molecule has 0 aliphatic rings. The minimum Gasteiger partial charge on any atom is -0.384 e. The van der Waals surface area contributed by atoms with Crippen LogP contribution in [0.4, 0.5) is 4.39 Å². The number of rotatable bonds is 2. The molecule has 1 aromatic heterocycles. The number of benzene rings is 1. The van der Waals surface area contributed by atoms with Crippen LogP contribution in [0, 0.1) is 26.6 Å². The molecular weight excluding hydrogens is 235 g/mol. The van der Waals surface area contributed by atoms with Crippen LogP contribution in [-0.2, 0) is 0 Å². The summed E-state index contributed by atoms with van der Waals surface area (Å²) in [5.74, 6) is -0.272. The van der Waals surface area contributed by atoms with Crippen molar-refractivity contribution in [1.82, 2.24) is 0 Å². The van der Waals surface area contributed by atoms with Gasteiger partial charge in [-0.15, -0.1) is 11.3 Å². The van der Waals surface area contributed by atoms with E-state index in [0.717, 1.165) is 15.3 Å². The van der Waals surface area contributed by atoms with Crippen molar-refractivity contribution in [3.63, 3.8) is 0 Å². The second kappa shape index (κ2) is 4.59. The first-order chi connectivity index (χ1) is 7.99. The lowest BCUT2D eigenvalue weighted by molar-refractivity contribution is 0.219. The van der Waals surface area contributed by atoms with Crippen LogP contribution < -0.4 is 0 Å². The Hall–Kier alpha value is -1.19. The standard InChI is InChI=1S/C14H15FOS/c1-8-4-5-11(7-13(8)15)14(16)12-6-9(2)17-10(12)3/h4-7,14,16H,1-3H3. The van der Waals surface area contributed by atoms with Crippen molar-refractivity contribution in [2.45, 2.75) is 26.9 Å². The van der Waals surface area contributed by atoms with Gasteiger partial charge in [0.2, 0.25) is 0 Å². The molecule has 0 spiro atoms. The molecule has 1 heterocycles. The van der Waals surface area contributed by atoms with E-state index >= 15 is 0 Å². The monoisotopic (exact) mass is 250 g/mol. The normalized spacial score (nSPS) is 12.8. The summed E-state index contributed by atoms with van der Waals surface area (Å²) < 4.78 is 13.5. The first-order valence-electron chi connectivity index (χ1n) is 5.50. The molecule has 2 rings (SSSR count). The van der Waals surface area contributed by atoms with E-state index < -0.39 is 6.10 Å². The van der Waals surface area contributed by atoms with Gasteiger partial charge in [-0.05, 0) is 49.6 Å². The fraction of sp³-hybridized carbons (Fsp3) is 0.286. The number of aliphatic hydroxyl groups excluding tert-OH is 1. The van der Waals surface area contributed by atoms with Gasteiger partial charge in [-0.2, -0.15) is 0 Å². The van der Waals surface area contributed by atoms with E-state index in [0.29, 0.717) is 11.1 Å². The van der Waals surface area contributed by atoms with Crippen molar-refractivity contribution >= 4 is 11.3 Å². The average Bonchev–Trinajstić information content (AvgIpc) is 2.61. The van der Waals surface area contributed by atoms with E-state index in [1.807, 2.05) is 19.9 Å². The number of halogens is 1. The summed E-state index contributed by atoms with van der Waals surface area (Å²) in [4.78, 5) is 2.24. The Bertz CT molecular complexity index is 545. The van der Waals surface area contributed by atoms with Gasteiger partial charge in [-0.3, -0.25) is 0 Å². The number of aryl methyl sites for hydroxylation is 3.